The van der Waals surface area contributed by atoms with Gasteiger partial charge in [-0.25, -0.2) is 9.78 Å². The van der Waals surface area contributed by atoms with Crippen molar-refractivity contribution >= 4 is 23.6 Å². The molecule has 0 aliphatic heterocycles. The minimum atomic E-state index is -1.15. The summed E-state index contributed by atoms with van der Waals surface area (Å²) in [5.41, 5.74) is -0.666. The quantitative estimate of drug-likeness (QED) is 0.775. The van der Waals surface area contributed by atoms with Crippen molar-refractivity contribution in [3.05, 3.63) is 22.7 Å². The second kappa shape index (κ2) is 6.75. The van der Waals surface area contributed by atoms with Crippen LogP contribution >= 0.6 is 11.8 Å². The Morgan fingerprint density at radius 3 is 2.57 bits per heavy atom. The van der Waals surface area contributed by atoms with Crippen molar-refractivity contribution in [2.75, 3.05) is 5.75 Å². The summed E-state index contributed by atoms with van der Waals surface area (Å²) in [6.45, 7) is 6.91. The van der Waals surface area contributed by atoms with E-state index in [4.69, 9.17) is 5.11 Å². The van der Waals surface area contributed by atoms with Gasteiger partial charge in [0.25, 0.3) is 5.56 Å². The number of carbonyl (C=O) groups excluding carboxylic acids is 1. The normalized spacial score (nSPS) is 12.8. The summed E-state index contributed by atoms with van der Waals surface area (Å²) in [7, 11) is 0. The first-order valence-corrected chi connectivity index (χ1v) is 7.32. The summed E-state index contributed by atoms with van der Waals surface area (Å²) < 4.78 is 1.54. The number of carbonyl (C=O) groups is 2. The van der Waals surface area contributed by atoms with Crippen molar-refractivity contribution in [3.8, 4) is 0 Å². The van der Waals surface area contributed by atoms with Gasteiger partial charge in [-0.05, 0) is 20.8 Å². The molecule has 1 amide bonds. The maximum absolute atomic E-state index is 12.3. The summed E-state index contributed by atoms with van der Waals surface area (Å²) >= 11 is 1.02. The Morgan fingerprint density at radius 1 is 1.48 bits per heavy atom. The molecule has 0 saturated carbocycles. The van der Waals surface area contributed by atoms with Crippen molar-refractivity contribution in [1.29, 1.82) is 0 Å². The average Bonchev–Trinajstić information content (AvgIpc) is 2.33. The zero-order valence-electron chi connectivity index (χ0n) is 12.4. The van der Waals surface area contributed by atoms with Crippen LogP contribution in [0.2, 0.25) is 0 Å². The highest BCUT2D eigenvalue weighted by Gasteiger charge is 2.21. The predicted octanol–water partition coefficient (Wildman–Crippen LogP) is 0.680. The van der Waals surface area contributed by atoms with E-state index in [1.54, 1.807) is 6.20 Å². The number of nitrogens with one attached hydrogen (secondary N) is 1. The van der Waals surface area contributed by atoms with Crippen LogP contribution in [0.5, 0.6) is 0 Å². The van der Waals surface area contributed by atoms with Gasteiger partial charge in [0.05, 0.1) is 0 Å². The fraction of sp³-hybridized carbons (Fsp3) is 0.538. The molecule has 0 aromatic carbocycles. The zero-order chi connectivity index (χ0) is 16.2. The smallest absolute Gasteiger partial charge is 0.327 e. The highest BCUT2D eigenvalue weighted by Crippen LogP contribution is 2.15. The second-order valence-corrected chi connectivity index (χ2v) is 6.49. The number of hydrogen-bond acceptors (Lipinski definition) is 5. The van der Waals surface area contributed by atoms with E-state index in [0.717, 1.165) is 11.8 Å². The van der Waals surface area contributed by atoms with E-state index >= 15 is 0 Å². The molecule has 1 atom stereocenters. The number of carboxylic acid groups (broad SMARTS) is 1. The lowest BCUT2D eigenvalue weighted by Crippen LogP contribution is -2.41. The highest BCUT2D eigenvalue weighted by molar-refractivity contribution is 7.99. The number of carboxylic acids is 1. The Kier molecular flexibility index (Phi) is 5.54. The molecule has 1 aromatic heterocycles. The second-order valence-electron chi connectivity index (χ2n) is 5.48. The summed E-state index contributed by atoms with van der Waals surface area (Å²) in [6.07, 6.45) is 3.10. The van der Waals surface area contributed by atoms with Crippen LogP contribution in [0, 0.1) is 0 Å². The van der Waals surface area contributed by atoms with Crippen LogP contribution in [-0.2, 0) is 15.1 Å². The molecule has 21 heavy (non-hydrogen) atoms. The molecule has 116 valence electrons. The van der Waals surface area contributed by atoms with Crippen LogP contribution in [0.3, 0.4) is 0 Å². The van der Waals surface area contributed by atoms with Crippen LogP contribution in [0.4, 0.5) is 0 Å². The summed E-state index contributed by atoms with van der Waals surface area (Å²) in [5.74, 6) is -1.55. The van der Waals surface area contributed by atoms with Crippen molar-refractivity contribution < 1.29 is 14.7 Å². The SMILES string of the molecule is CC(=O)N[C@@H](CSc1nccn(C(C)(C)C)c1=O)C(=O)O. The minimum absolute atomic E-state index is 0.0330. The van der Waals surface area contributed by atoms with E-state index in [-0.39, 0.29) is 21.9 Å². The number of aromatic nitrogens is 2. The van der Waals surface area contributed by atoms with Crippen LogP contribution in [0.25, 0.3) is 0 Å². The van der Waals surface area contributed by atoms with Crippen molar-refractivity contribution in [2.24, 2.45) is 0 Å². The molecule has 7 nitrogen and oxygen atoms in total. The van der Waals surface area contributed by atoms with Gasteiger partial charge in [-0.3, -0.25) is 9.59 Å². The number of thioether (sulfide) groups is 1. The number of aliphatic carboxylic acids is 1. The standard InChI is InChI=1S/C13H19N3O4S/c1-8(17)15-9(12(19)20)7-21-10-11(18)16(6-5-14-10)13(2,3)4/h5-6,9H,7H2,1-4H3,(H,15,17)(H,19,20)/t9-/m0/s1. The van der Waals surface area contributed by atoms with Gasteiger partial charge in [0.15, 0.2) is 5.03 Å². The molecule has 0 aliphatic rings. The number of amides is 1. The highest BCUT2D eigenvalue weighted by atomic mass is 32.2. The molecule has 1 heterocycles. The Balaban J connectivity index is 2.91. The summed E-state index contributed by atoms with van der Waals surface area (Å²) in [4.78, 5) is 38.2. The maximum atomic E-state index is 12.3. The molecule has 8 heteroatoms. The average molecular weight is 313 g/mol. The molecule has 1 rings (SSSR count). The van der Waals surface area contributed by atoms with Gasteiger partial charge in [-0.1, -0.05) is 11.8 Å². The molecule has 0 saturated heterocycles. The Bertz CT molecular complexity index is 592. The fourth-order valence-electron chi connectivity index (χ4n) is 1.60. The fourth-order valence-corrected chi connectivity index (χ4v) is 2.51. The first-order valence-electron chi connectivity index (χ1n) is 6.33. The molecule has 0 aliphatic carbocycles. The number of nitrogens with zero attached hydrogens (tertiary/aromatic N) is 2. The third-order valence-corrected chi connectivity index (χ3v) is 3.65. The van der Waals surface area contributed by atoms with E-state index in [9.17, 15) is 14.4 Å². The molecule has 0 radical (unpaired) electrons. The molecule has 0 fully saturated rings. The van der Waals surface area contributed by atoms with E-state index in [0.29, 0.717) is 0 Å². The molecule has 0 unspecified atom stereocenters. The first kappa shape index (κ1) is 17.2. The number of rotatable bonds is 5. The molecule has 1 aromatic rings. The van der Waals surface area contributed by atoms with Gasteiger partial charge in [0.1, 0.15) is 6.04 Å². The predicted molar refractivity (Wildman–Crippen MR) is 79.5 cm³/mol. The van der Waals surface area contributed by atoms with Gasteiger partial charge in [0.2, 0.25) is 5.91 Å². The van der Waals surface area contributed by atoms with Crippen LogP contribution < -0.4 is 10.9 Å². The van der Waals surface area contributed by atoms with E-state index in [2.05, 4.69) is 10.3 Å². The van der Waals surface area contributed by atoms with Crippen LogP contribution in [-0.4, -0.2) is 38.3 Å². The lowest BCUT2D eigenvalue weighted by atomic mass is 10.1. The maximum Gasteiger partial charge on any atom is 0.327 e. The lowest BCUT2D eigenvalue weighted by molar-refractivity contribution is -0.140. The summed E-state index contributed by atoms with van der Waals surface area (Å²) in [6, 6.07) is -1.06. The third-order valence-electron chi connectivity index (χ3n) is 2.59. The largest absolute Gasteiger partial charge is 0.480 e. The molecule has 0 spiro atoms. The van der Waals surface area contributed by atoms with E-state index < -0.39 is 17.9 Å². The van der Waals surface area contributed by atoms with Gasteiger partial charge in [-0.2, -0.15) is 0 Å². The topological polar surface area (TPSA) is 101 Å². The Morgan fingerprint density at radius 2 is 2.10 bits per heavy atom. The Labute approximate surface area is 126 Å². The molecule has 0 bridgehead atoms. The molecular weight excluding hydrogens is 294 g/mol. The zero-order valence-corrected chi connectivity index (χ0v) is 13.2. The molecular formula is C13H19N3O4S. The van der Waals surface area contributed by atoms with Crippen LogP contribution in [0.1, 0.15) is 27.7 Å². The van der Waals surface area contributed by atoms with Gasteiger partial charge >= 0.3 is 5.97 Å². The monoisotopic (exact) mass is 313 g/mol. The van der Waals surface area contributed by atoms with Crippen LogP contribution in [0.15, 0.2) is 22.2 Å². The van der Waals surface area contributed by atoms with Gasteiger partial charge < -0.3 is 15.0 Å². The van der Waals surface area contributed by atoms with Crippen molar-refractivity contribution in [2.45, 2.75) is 44.3 Å². The molecule has 2 N–H and O–H groups in total. The van der Waals surface area contributed by atoms with E-state index in [1.807, 2.05) is 20.8 Å². The lowest BCUT2D eigenvalue weighted by Gasteiger charge is -2.22. The number of hydrogen-bond donors (Lipinski definition) is 2. The minimum Gasteiger partial charge on any atom is -0.480 e. The first-order chi connectivity index (χ1) is 9.62. The van der Waals surface area contributed by atoms with Crippen molar-refractivity contribution in [1.82, 2.24) is 14.9 Å². The van der Waals surface area contributed by atoms with Crippen molar-refractivity contribution in [3.63, 3.8) is 0 Å². The van der Waals surface area contributed by atoms with Gasteiger partial charge in [-0.15, -0.1) is 0 Å². The van der Waals surface area contributed by atoms with E-state index in [1.165, 1.54) is 17.7 Å². The Hall–Kier alpha value is -1.83. The third kappa shape index (κ3) is 4.89. The van der Waals surface area contributed by atoms with Gasteiger partial charge in [0, 0.05) is 30.6 Å². The summed E-state index contributed by atoms with van der Waals surface area (Å²) in [5, 5.41) is 11.6.